The molecule has 0 heterocycles. The molecule has 0 fully saturated rings. The summed E-state index contributed by atoms with van der Waals surface area (Å²) in [7, 11) is 0. The van der Waals surface area contributed by atoms with Crippen molar-refractivity contribution in [1.82, 2.24) is 5.32 Å². The lowest BCUT2D eigenvalue weighted by Gasteiger charge is -2.05. The van der Waals surface area contributed by atoms with Gasteiger partial charge in [-0.2, -0.15) is 0 Å². The number of ether oxygens (including phenoxy) is 1. The first kappa shape index (κ1) is 17.1. The lowest BCUT2D eigenvalue weighted by Crippen LogP contribution is -2.23. The maximum Gasteiger partial charge on any atom is 0.252 e. The number of benzene rings is 1. The van der Waals surface area contributed by atoms with E-state index in [0.29, 0.717) is 17.7 Å². The molecular formula is C15H17BrN2O3. The molecule has 5 nitrogen and oxygen atoms in total. The van der Waals surface area contributed by atoms with Crippen LogP contribution in [0.2, 0.25) is 0 Å². The molecule has 0 saturated heterocycles. The molecule has 0 atom stereocenters. The van der Waals surface area contributed by atoms with Gasteiger partial charge < -0.3 is 15.8 Å². The molecule has 0 aromatic heterocycles. The summed E-state index contributed by atoms with van der Waals surface area (Å²) < 4.78 is 5.38. The van der Waals surface area contributed by atoms with Gasteiger partial charge in [0.2, 0.25) is 5.91 Å². The predicted octanol–water partition coefficient (Wildman–Crippen LogP) is 1.46. The molecule has 2 amide bonds. The summed E-state index contributed by atoms with van der Waals surface area (Å²) in [5.74, 6) is 5.38. The number of alkyl halides is 1. The number of halogens is 1. The van der Waals surface area contributed by atoms with Crippen molar-refractivity contribution in [3.8, 4) is 17.6 Å². The Bertz CT molecular complexity index is 549. The molecule has 0 saturated carbocycles. The van der Waals surface area contributed by atoms with Crippen molar-refractivity contribution in [1.29, 1.82) is 0 Å². The smallest absolute Gasteiger partial charge is 0.252 e. The largest absolute Gasteiger partial charge is 0.480 e. The number of amides is 2. The fourth-order valence-electron chi connectivity index (χ4n) is 1.48. The molecule has 0 aliphatic heterocycles. The zero-order valence-electron chi connectivity index (χ0n) is 11.5. The lowest BCUT2D eigenvalue weighted by molar-refractivity contribution is -0.120. The highest BCUT2D eigenvalue weighted by molar-refractivity contribution is 9.09. The van der Waals surface area contributed by atoms with E-state index in [1.54, 1.807) is 24.3 Å². The van der Waals surface area contributed by atoms with Crippen LogP contribution in [0.5, 0.6) is 5.75 Å². The molecule has 0 spiro atoms. The Kier molecular flexibility index (Phi) is 7.99. The number of hydrogen-bond donors (Lipinski definition) is 2. The van der Waals surface area contributed by atoms with Gasteiger partial charge in [0.25, 0.3) is 5.91 Å². The van der Waals surface area contributed by atoms with Crippen LogP contribution in [0.3, 0.4) is 0 Å². The minimum absolute atomic E-state index is 0.0243. The van der Waals surface area contributed by atoms with Gasteiger partial charge in [-0.1, -0.05) is 39.9 Å². The van der Waals surface area contributed by atoms with Crippen LogP contribution in [0, 0.1) is 11.8 Å². The molecule has 1 aromatic carbocycles. The van der Waals surface area contributed by atoms with E-state index in [1.807, 2.05) is 0 Å². The first-order chi connectivity index (χ1) is 10.1. The molecule has 21 heavy (non-hydrogen) atoms. The predicted molar refractivity (Wildman–Crippen MR) is 84.3 cm³/mol. The molecular weight excluding hydrogens is 336 g/mol. The Morgan fingerprint density at radius 2 is 2.05 bits per heavy atom. The van der Waals surface area contributed by atoms with Crippen molar-refractivity contribution >= 4 is 27.7 Å². The first-order valence-electron chi connectivity index (χ1n) is 6.45. The lowest BCUT2D eigenvalue weighted by atomic mass is 10.2. The van der Waals surface area contributed by atoms with Crippen molar-refractivity contribution in [2.45, 2.75) is 12.8 Å². The Labute approximate surface area is 132 Å². The monoisotopic (exact) mass is 352 g/mol. The van der Waals surface area contributed by atoms with Gasteiger partial charge in [0, 0.05) is 11.8 Å². The van der Waals surface area contributed by atoms with E-state index in [1.165, 1.54) is 0 Å². The average molecular weight is 353 g/mol. The van der Waals surface area contributed by atoms with Crippen molar-refractivity contribution in [3.05, 3.63) is 29.8 Å². The third-order valence-corrected chi connectivity index (χ3v) is 3.05. The van der Waals surface area contributed by atoms with E-state index >= 15 is 0 Å². The van der Waals surface area contributed by atoms with Gasteiger partial charge in [0.1, 0.15) is 12.4 Å². The van der Waals surface area contributed by atoms with Crippen LogP contribution in [0.1, 0.15) is 23.2 Å². The van der Waals surface area contributed by atoms with Gasteiger partial charge in [0.05, 0.1) is 12.1 Å². The highest BCUT2D eigenvalue weighted by Gasteiger charge is 2.06. The second-order valence-corrected chi connectivity index (χ2v) is 4.86. The third-order valence-electron chi connectivity index (χ3n) is 2.49. The highest BCUT2D eigenvalue weighted by atomic mass is 79.9. The Morgan fingerprint density at radius 3 is 2.76 bits per heavy atom. The van der Waals surface area contributed by atoms with Crippen LogP contribution in [0.4, 0.5) is 0 Å². The fourth-order valence-corrected chi connectivity index (χ4v) is 1.76. The summed E-state index contributed by atoms with van der Waals surface area (Å²) in [5, 5.41) is 3.49. The second-order valence-electron chi connectivity index (χ2n) is 4.07. The van der Waals surface area contributed by atoms with Gasteiger partial charge in [-0.05, 0) is 18.6 Å². The molecule has 0 bridgehead atoms. The standard InChI is InChI=1S/C15H17BrN2O3/c16-9-5-8-14(19)18-10-3-4-11-21-13-7-2-1-6-12(13)15(17)20/h1-2,6-7H,5,8-11H2,(H2,17,20)(H,18,19). The summed E-state index contributed by atoms with van der Waals surface area (Å²) >= 11 is 3.26. The van der Waals surface area contributed by atoms with Gasteiger partial charge in [0.15, 0.2) is 0 Å². The maximum absolute atomic E-state index is 11.3. The minimum Gasteiger partial charge on any atom is -0.480 e. The topological polar surface area (TPSA) is 81.4 Å². The van der Waals surface area contributed by atoms with Gasteiger partial charge in [-0.25, -0.2) is 0 Å². The number of carbonyl (C=O) groups is 2. The molecule has 112 valence electrons. The van der Waals surface area contributed by atoms with Crippen LogP contribution in [0.15, 0.2) is 24.3 Å². The first-order valence-corrected chi connectivity index (χ1v) is 7.57. The number of rotatable bonds is 7. The number of nitrogens with one attached hydrogen (secondary N) is 1. The quantitative estimate of drug-likeness (QED) is 0.575. The summed E-state index contributed by atoms with van der Waals surface area (Å²) in [6, 6.07) is 6.71. The highest BCUT2D eigenvalue weighted by Crippen LogP contribution is 2.16. The molecule has 6 heteroatoms. The molecule has 0 aliphatic rings. The van der Waals surface area contributed by atoms with E-state index in [9.17, 15) is 9.59 Å². The zero-order valence-corrected chi connectivity index (χ0v) is 13.1. The minimum atomic E-state index is -0.544. The van der Waals surface area contributed by atoms with E-state index < -0.39 is 5.91 Å². The van der Waals surface area contributed by atoms with Crippen LogP contribution in [-0.4, -0.2) is 30.3 Å². The summed E-state index contributed by atoms with van der Waals surface area (Å²) in [4.78, 5) is 22.5. The van der Waals surface area contributed by atoms with Gasteiger partial charge in [-0.3, -0.25) is 9.59 Å². The second kappa shape index (κ2) is 9.83. The third kappa shape index (κ3) is 6.82. The molecule has 3 N–H and O–H groups in total. The Morgan fingerprint density at radius 1 is 1.29 bits per heavy atom. The molecule has 0 aliphatic carbocycles. The number of primary amides is 1. The van der Waals surface area contributed by atoms with Crippen LogP contribution < -0.4 is 15.8 Å². The van der Waals surface area contributed by atoms with Crippen molar-refractivity contribution < 1.29 is 14.3 Å². The van der Waals surface area contributed by atoms with E-state index in [0.717, 1.165) is 11.8 Å². The number of nitrogens with two attached hydrogens (primary N) is 1. The van der Waals surface area contributed by atoms with Gasteiger partial charge in [-0.15, -0.1) is 0 Å². The van der Waals surface area contributed by atoms with E-state index in [-0.39, 0.29) is 19.1 Å². The maximum atomic E-state index is 11.3. The SMILES string of the molecule is NC(=O)c1ccccc1OCC#CCNC(=O)CCCBr. The van der Waals surface area contributed by atoms with Gasteiger partial charge >= 0.3 is 0 Å². The van der Waals surface area contributed by atoms with Crippen LogP contribution in [-0.2, 0) is 4.79 Å². The number of hydrogen-bond acceptors (Lipinski definition) is 3. The number of carbonyl (C=O) groups excluding carboxylic acids is 2. The molecule has 1 aromatic rings. The normalized spacial score (nSPS) is 9.38. The zero-order chi connectivity index (χ0) is 15.5. The van der Waals surface area contributed by atoms with E-state index in [2.05, 4.69) is 33.1 Å². The van der Waals surface area contributed by atoms with Crippen molar-refractivity contribution in [2.75, 3.05) is 18.5 Å². The summed E-state index contributed by atoms with van der Waals surface area (Å²) in [6.45, 7) is 0.406. The summed E-state index contributed by atoms with van der Waals surface area (Å²) in [6.07, 6.45) is 1.28. The van der Waals surface area contributed by atoms with Crippen LogP contribution in [0.25, 0.3) is 0 Å². The Balaban J connectivity index is 2.33. The van der Waals surface area contributed by atoms with Crippen molar-refractivity contribution in [2.24, 2.45) is 5.73 Å². The molecule has 0 unspecified atom stereocenters. The number of para-hydroxylation sites is 1. The van der Waals surface area contributed by atoms with E-state index in [4.69, 9.17) is 10.5 Å². The summed E-state index contributed by atoms with van der Waals surface area (Å²) in [5.41, 5.74) is 5.56. The average Bonchev–Trinajstić information content (AvgIpc) is 2.48. The molecule has 1 rings (SSSR count). The fraction of sp³-hybridized carbons (Fsp3) is 0.333. The molecule has 0 radical (unpaired) electrons. The van der Waals surface area contributed by atoms with Crippen molar-refractivity contribution in [3.63, 3.8) is 0 Å². The van der Waals surface area contributed by atoms with Crippen LogP contribution >= 0.6 is 15.9 Å². The Hall–Kier alpha value is -2.00.